The van der Waals surface area contributed by atoms with Crippen LogP contribution in [0.5, 0.6) is 0 Å². The largest absolute Gasteiger partial charge is 0.478 e. The number of nitrogens with one attached hydrogen (secondary N) is 1. The molecule has 3 aromatic rings. The lowest BCUT2D eigenvalue weighted by atomic mass is 10.0. The number of H-pyrrole nitrogens is 1. The molecule has 206 valence electrons. The van der Waals surface area contributed by atoms with Crippen LogP contribution in [0.15, 0.2) is 72.9 Å². The number of hydrogen-bond acceptors (Lipinski definition) is 6. The molecule has 2 aliphatic rings. The van der Waals surface area contributed by atoms with Crippen LogP contribution < -0.4 is 0 Å². The zero-order valence-electron chi connectivity index (χ0n) is 21.6. The SMILES string of the molecule is O=C(O)/C=C/C(=O)O.O=C1OC(Cc2c[nH]c3ccccc23)CN1C(CCN1CCOCC1)c1ccccc1. The van der Waals surface area contributed by atoms with Crippen LogP contribution in [0, 0.1) is 0 Å². The predicted molar refractivity (Wildman–Crippen MR) is 144 cm³/mol. The lowest BCUT2D eigenvalue weighted by Crippen LogP contribution is -2.39. The van der Waals surface area contributed by atoms with E-state index >= 15 is 0 Å². The number of carboxylic acid groups (broad SMARTS) is 2. The summed E-state index contributed by atoms with van der Waals surface area (Å²) < 4.78 is 11.3. The van der Waals surface area contributed by atoms with Crippen molar-refractivity contribution in [2.75, 3.05) is 39.4 Å². The molecule has 3 N–H and O–H groups in total. The maximum absolute atomic E-state index is 12.9. The van der Waals surface area contributed by atoms with Gasteiger partial charge in [0.05, 0.1) is 25.8 Å². The fourth-order valence-electron chi connectivity index (χ4n) is 4.90. The van der Waals surface area contributed by atoms with Crippen LogP contribution in [-0.4, -0.2) is 88.5 Å². The normalized spacial score (nSPS) is 18.5. The first-order chi connectivity index (χ1) is 18.9. The first-order valence-electron chi connectivity index (χ1n) is 12.9. The number of morpholine rings is 1. The second-order valence-electron chi connectivity index (χ2n) is 9.40. The Hall–Kier alpha value is -4.15. The van der Waals surface area contributed by atoms with E-state index in [1.807, 2.05) is 41.4 Å². The van der Waals surface area contributed by atoms with Crippen LogP contribution in [0.25, 0.3) is 10.9 Å². The summed E-state index contributed by atoms with van der Waals surface area (Å²) in [5.41, 5.74) is 3.48. The molecule has 39 heavy (non-hydrogen) atoms. The molecule has 2 unspecified atom stereocenters. The highest BCUT2D eigenvalue weighted by Crippen LogP contribution is 2.31. The van der Waals surface area contributed by atoms with Crippen molar-refractivity contribution in [2.45, 2.75) is 25.0 Å². The lowest BCUT2D eigenvalue weighted by molar-refractivity contribution is -0.134. The van der Waals surface area contributed by atoms with E-state index in [-0.39, 0.29) is 18.2 Å². The average molecular weight is 536 g/mol. The molecule has 5 rings (SSSR count). The van der Waals surface area contributed by atoms with Gasteiger partial charge in [0.25, 0.3) is 0 Å². The van der Waals surface area contributed by atoms with Crippen LogP contribution >= 0.6 is 0 Å². The Morgan fingerprint density at radius 2 is 1.67 bits per heavy atom. The van der Waals surface area contributed by atoms with Crippen LogP contribution in [0.2, 0.25) is 0 Å². The first kappa shape index (κ1) is 27.9. The van der Waals surface area contributed by atoms with Gasteiger partial charge in [-0.05, 0) is 23.6 Å². The number of aromatic amines is 1. The Morgan fingerprint density at radius 3 is 2.36 bits per heavy atom. The molecule has 2 aliphatic heterocycles. The summed E-state index contributed by atoms with van der Waals surface area (Å²) in [4.78, 5) is 39.7. The standard InChI is InChI=1S/C25H29N3O3.C4H4O4/c29-25-28(18-21(31-25)16-20-17-26-23-9-5-4-8-22(20)23)24(19-6-2-1-3-7-19)10-11-27-12-14-30-15-13-27;5-3(6)1-2-4(7)8/h1-9,17,21,24,26H,10-16,18H2;1-2H,(H,5,6)(H,7,8)/b;2-1+. The fourth-order valence-corrected chi connectivity index (χ4v) is 4.90. The summed E-state index contributed by atoms with van der Waals surface area (Å²) in [7, 11) is 0. The van der Waals surface area contributed by atoms with Gasteiger partial charge in [0, 0.05) is 55.3 Å². The third-order valence-electron chi connectivity index (χ3n) is 6.78. The van der Waals surface area contributed by atoms with Gasteiger partial charge in [-0.1, -0.05) is 48.5 Å². The molecule has 2 saturated heterocycles. The molecule has 2 atom stereocenters. The van der Waals surface area contributed by atoms with Gasteiger partial charge in [0.2, 0.25) is 0 Å². The van der Waals surface area contributed by atoms with Crippen LogP contribution in [-0.2, 0) is 25.5 Å². The van der Waals surface area contributed by atoms with Gasteiger partial charge in [-0.15, -0.1) is 0 Å². The van der Waals surface area contributed by atoms with E-state index < -0.39 is 11.9 Å². The van der Waals surface area contributed by atoms with Crippen molar-refractivity contribution >= 4 is 28.9 Å². The minimum atomic E-state index is -1.26. The predicted octanol–water partition coefficient (Wildman–Crippen LogP) is 3.71. The first-order valence-corrected chi connectivity index (χ1v) is 12.9. The smallest absolute Gasteiger partial charge is 0.410 e. The monoisotopic (exact) mass is 535 g/mol. The summed E-state index contributed by atoms with van der Waals surface area (Å²) in [6, 6.07) is 18.6. The number of benzene rings is 2. The molecule has 2 fully saturated rings. The van der Waals surface area contributed by atoms with E-state index in [0.717, 1.165) is 51.2 Å². The highest BCUT2D eigenvalue weighted by Gasteiger charge is 2.37. The molecular weight excluding hydrogens is 502 g/mol. The Labute approximate surface area is 226 Å². The molecule has 0 bridgehead atoms. The second-order valence-corrected chi connectivity index (χ2v) is 9.40. The van der Waals surface area contributed by atoms with Crippen LogP contribution in [0.3, 0.4) is 0 Å². The number of nitrogens with zero attached hydrogens (tertiary/aromatic N) is 2. The summed E-state index contributed by atoms with van der Waals surface area (Å²) in [5.74, 6) is -2.51. The van der Waals surface area contributed by atoms with E-state index in [1.165, 1.54) is 16.5 Å². The maximum atomic E-state index is 12.9. The Bertz CT molecular complexity index is 1270. The van der Waals surface area contributed by atoms with Gasteiger partial charge >= 0.3 is 18.0 Å². The number of carbonyl (C=O) groups excluding carboxylic acids is 1. The summed E-state index contributed by atoms with van der Waals surface area (Å²) in [6.45, 7) is 5.04. The quantitative estimate of drug-likeness (QED) is 0.353. The number of carbonyl (C=O) groups is 3. The molecule has 3 heterocycles. The van der Waals surface area contributed by atoms with Crippen molar-refractivity contribution in [3.8, 4) is 0 Å². The van der Waals surface area contributed by atoms with Crippen molar-refractivity contribution in [1.29, 1.82) is 0 Å². The van der Waals surface area contributed by atoms with Gasteiger partial charge in [0.1, 0.15) is 6.10 Å². The van der Waals surface area contributed by atoms with Gasteiger partial charge in [-0.2, -0.15) is 0 Å². The summed E-state index contributed by atoms with van der Waals surface area (Å²) in [6.07, 6.45) is 4.41. The molecule has 1 aromatic heterocycles. The maximum Gasteiger partial charge on any atom is 0.410 e. The molecular formula is C29H33N3O7. The van der Waals surface area contributed by atoms with E-state index in [2.05, 4.69) is 34.1 Å². The average Bonchev–Trinajstić information content (AvgIpc) is 3.52. The lowest BCUT2D eigenvalue weighted by Gasteiger charge is -2.31. The van der Waals surface area contributed by atoms with E-state index in [4.69, 9.17) is 19.7 Å². The third kappa shape index (κ3) is 7.92. The molecule has 10 heteroatoms. The van der Waals surface area contributed by atoms with E-state index in [1.54, 1.807) is 0 Å². The van der Waals surface area contributed by atoms with E-state index in [0.29, 0.717) is 18.7 Å². The number of hydrogen-bond donors (Lipinski definition) is 3. The zero-order valence-corrected chi connectivity index (χ0v) is 21.6. The summed E-state index contributed by atoms with van der Waals surface area (Å²) in [5, 5.41) is 16.8. The fraction of sp³-hybridized carbons (Fsp3) is 0.345. The number of carboxylic acids is 2. The van der Waals surface area contributed by atoms with Crippen molar-refractivity contribution in [1.82, 2.24) is 14.8 Å². The molecule has 0 saturated carbocycles. The number of cyclic esters (lactones) is 1. The number of para-hydroxylation sites is 1. The van der Waals surface area contributed by atoms with Gasteiger partial charge in [-0.3, -0.25) is 9.80 Å². The Morgan fingerprint density at radius 1 is 1.00 bits per heavy atom. The zero-order chi connectivity index (χ0) is 27.6. The van der Waals surface area contributed by atoms with Crippen molar-refractivity contribution in [3.63, 3.8) is 0 Å². The Balaban J connectivity index is 0.000000386. The minimum Gasteiger partial charge on any atom is -0.478 e. The molecule has 0 radical (unpaired) electrons. The highest BCUT2D eigenvalue weighted by atomic mass is 16.6. The van der Waals surface area contributed by atoms with Gasteiger partial charge in [0.15, 0.2) is 0 Å². The number of aromatic nitrogens is 1. The minimum absolute atomic E-state index is 0.0181. The number of amides is 1. The Kier molecular flexibility index (Phi) is 9.71. The third-order valence-corrected chi connectivity index (χ3v) is 6.78. The second kappa shape index (κ2) is 13.6. The van der Waals surface area contributed by atoms with Crippen molar-refractivity contribution in [3.05, 3.63) is 84.1 Å². The van der Waals surface area contributed by atoms with Crippen LogP contribution in [0.1, 0.15) is 23.6 Å². The highest BCUT2D eigenvalue weighted by molar-refractivity contribution is 5.89. The molecule has 2 aromatic carbocycles. The topological polar surface area (TPSA) is 132 Å². The van der Waals surface area contributed by atoms with Gasteiger partial charge in [-0.25, -0.2) is 14.4 Å². The van der Waals surface area contributed by atoms with Crippen molar-refractivity contribution < 1.29 is 34.1 Å². The number of fused-ring (bicyclic) bond motifs is 1. The van der Waals surface area contributed by atoms with Crippen LogP contribution in [0.4, 0.5) is 4.79 Å². The number of ether oxygens (including phenoxy) is 2. The number of aliphatic carboxylic acids is 2. The molecule has 0 spiro atoms. The molecule has 10 nitrogen and oxygen atoms in total. The van der Waals surface area contributed by atoms with Gasteiger partial charge < -0.3 is 24.7 Å². The summed E-state index contributed by atoms with van der Waals surface area (Å²) >= 11 is 0. The number of rotatable bonds is 9. The van der Waals surface area contributed by atoms with E-state index in [9.17, 15) is 14.4 Å². The molecule has 0 aliphatic carbocycles. The van der Waals surface area contributed by atoms with Crippen molar-refractivity contribution in [2.24, 2.45) is 0 Å². The molecule has 1 amide bonds.